The van der Waals surface area contributed by atoms with E-state index in [9.17, 15) is 9.59 Å². The summed E-state index contributed by atoms with van der Waals surface area (Å²) in [6.45, 7) is 2.02. The molecule has 2 rings (SSSR count). The van der Waals surface area contributed by atoms with Crippen LogP contribution in [0.15, 0.2) is 30.3 Å². The van der Waals surface area contributed by atoms with Gasteiger partial charge >= 0.3 is 6.09 Å². The number of benzene rings is 1. The van der Waals surface area contributed by atoms with Crippen molar-refractivity contribution in [3.05, 3.63) is 35.9 Å². The zero-order chi connectivity index (χ0) is 13.2. The largest absolute Gasteiger partial charge is 0.445 e. The van der Waals surface area contributed by atoms with E-state index in [2.05, 4.69) is 10.1 Å². The number of primary amides is 1. The Bertz CT molecular complexity index is 371. The summed E-state index contributed by atoms with van der Waals surface area (Å²) in [7, 11) is 0. The Morgan fingerprint density at radius 2 is 1.83 bits per heavy atom. The van der Waals surface area contributed by atoms with Gasteiger partial charge in [0.05, 0.1) is 0 Å². The lowest BCUT2D eigenvalue weighted by Crippen LogP contribution is -2.27. The molecule has 1 aromatic rings. The van der Waals surface area contributed by atoms with Crippen molar-refractivity contribution in [1.82, 2.24) is 5.32 Å². The van der Waals surface area contributed by atoms with E-state index in [-0.39, 0.29) is 6.61 Å². The molecule has 5 heteroatoms. The molecule has 98 valence electrons. The van der Waals surface area contributed by atoms with Gasteiger partial charge in [0.15, 0.2) is 0 Å². The third-order valence-corrected chi connectivity index (χ3v) is 2.39. The van der Waals surface area contributed by atoms with Crippen LogP contribution in [0.25, 0.3) is 0 Å². The van der Waals surface area contributed by atoms with Crippen LogP contribution in [-0.2, 0) is 16.1 Å². The van der Waals surface area contributed by atoms with E-state index in [1.165, 1.54) is 0 Å². The Hall–Kier alpha value is -1.88. The third kappa shape index (κ3) is 6.65. The minimum Gasteiger partial charge on any atom is -0.445 e. The molecule has 3 N–H and O–H groups in total. The molecule has 0 atom stereocenters. The number of nitrogens with one attached hydrogen (secondary N) is 1. The van der Waals surface area contributed by atoms with Crippen molar-refractivity contribution in [3.8, 4) is 0 Å². The number of ketones is 1. The van der Waals surface area contributed by atoms with Crippen LogP contribution >= 0.6 is 0 Å². The van der Waals surface area contributed by atoms with Gasteiger partial charge in [0.1, 0.15) is 12.4 Å². The van der Waals surface area contributed by atoms with E-state index in [0.29, 0.717) is 5.78 Å². The normalized spacial score (nSPS) is 14.3. The van der Waals surface area contributed by atoms with E-state index in [4.69, 9.17) is 5.73 Å². The molecule has 1 saturated heterocycles. The second kappa shape index (κ2) is 8.25. The molecule has 0 radical (unpaired) electrons. The highest BCUT2D eigenvalue weighted by atomic mass is 16.5. The van der Waals surface area contributed by atoms with E-state index < -0.39 is 6.09 Å². The van der Waals surface area contributed by atoms with Crippen LogP contribution in [0, 0.1) is 0 Å². The van der Waals surface area contributed by atoms with E-state index in [1.54, 1.807) is 0 Å². The fraction of sp³-hybridized carbons (Fsp3) is 0.385. The summed E-state index contributed by atoms with van der Waals surface area (Å²) in [6, 6.07) is 9.37. The molecule has 0 saturated carbocycles. The van der Waals surface area contributed by atoms with Crippen molar-refractivity contribution in [3.63, 3.8) is 0 Å². The molecule has 0 unspecified atom stereocenters. The van der Waals surface area contributed by atoms with Gasteiger partial charge in [-0.05, 0) is 5.56 Å². The first kappa shape index (κ1) is 14.2. The van der Waals surface area contributed by atoms with Crippen LogP contribution in [-0.4, -0.2) is 25.0 Å². The molecular formula is C13H18N2O3. The number of hydrogen-bond acceptors (Lipinski definition) is 4. The summed E-state index contributed by atoms with van der Waals surface area (Å²) < 4.78 is 4.57. The van der Waals surface area contributed by atoms with Crippen molar-refractivity contribution >= 4 is 11.9 Å². The van der Waals surface area contributed by atoms with Crippen LogP contribution in [0.4, 0.5) is 4.79 Å². The Kier molecular flexibility index (Phi) is 6.50. The van der Waals surface area contributed by atoms with Crippen LogP contribution < -0.4 is 11.1 Å². The molecule has 1 amide bonds. The number of amides is 1. The summed E-state index contributed by atoms with van der Waals surface area (Å²) in [5.41, 5.74) is 5.72. The van der Waals surface area contributed by atoms with Gasteiger partial charge in [0.2, 0.25) is 0 Å². The number of hydrogen-bond donors (Lipinski definition) is 2. The highest BCUT2D eigenvalue weighted by Gasteiger charge is 2.04. The third-order valence-electron chi connectivity index (χ3n) is 2.39. The summed E-state index contributed by atoms with van der Waals surface area (Å²) in [4.78, 5) is 20.6. The zero-order valence-corrected chi connectivity index (χ0v) is 10.2. The van der Waals surface area contributed by atoms with Gasteiger partial charge in [-0.3, -0.25) is 4.79 Å². The van der Waals surface area contributed by atoms with Crippen molar-refractivity contribution < 1.29 is 14.3 Å². The molecule has 0 aliphatic carbocycles. The van der Waals surface area contributed by atoms with Gasteiger partial charge in [-0.15, -0.1) is 0 Å². The van der Waals surface area contributed by atoms with Gasteiger partial charge < -0.3 is 15.8 Å². The van der Waals surface area contributed by atoms with Crippen LogP contribution in [0.2, 0.25) is 0 Å². The average molecular weight is 250 g/mol. The number of rotatable bonds is 2. The molecule has 1 aromatic carbocycles. The first-order chi connectivity index (χ1) is 8.68. The number of Topliss-reactive ketones (excluding diaryl/α,β-unsaturated/α-hetero) is 1. The summed E-state index contributed by atoms with van der Waals surface area (Å²) in [5, 5.41) is 3.09. The SMILES string of the molecule is NC(=O)OCc1ccccc1.O=C1CCNCC1. The lowest BCUT2D eigenvalue weighted by molar-refractivity contribution is -0.119. The number of ether oxygens (including phenoxy) is 1. The second-order valence-corrected chi connectivity index (χ2v) is 3.88. The fourth-order valence-corrected chi connectivity index (χ4v) is 1.43. The Labute approximate surface area is 106 Å². The smallest absolute Gasteiger partial charge is 0.404 e. The Morgan fingerprint density at radius 3 is 2.28 bits per heavy atom. The average Bonchev–Trinajstić information content (AvgIpc) is 2.39. The molecule has 0 spiro atoms. The van der Waals surface area contributed by atoms with E-state index >= 15 is 0 Å². The summed E-state index contributed by atoms with van der Waals surface area (Å²) in [5.74, 6) is 0.402. The minimum absolute atomic E-state index is 0.246. The van der Waals surface area contributed by atoms with Gasteiger partial charge in [-0.25, -0.2) is 4.79 Å². The summed E-state index contributed by atoms with van der Waals surface area (Å²) in [6.07, 6.45) is 0.730. The van der Waals surface area contributed by atoms with Crippen molar-refractivity contribution in [2.45, 2.75) is 19.4 Å². The van der Waals surface area contributed by atoms with Crippen molar-refractivity contribution in [2.75, 3.05) is 13.1 Å². The van der Waals surface area contributed by atoms with E-state index in [1.807, 2.05) is 30.3 Å². The van der Waals surface area contributed by atoms with Gasteiger partial charge in [0.25, 0.3) is 0 Å². The quantitative estimate of drug-likeness (QED) is 0.827. The van der Waals surface area contributed by atoms with Crippen molar-refractivity contribution in [1.29, 1.82) is 0 Å². The predicted molar refractivity (Wildman–Crippen MR) is 67.9 cm³/mol. The Balaban J connectivity index is 0.000000199. The van der Waals surface area contributed by atoms with Crippen molar-refractivity contribution in [2.24, 2.45) is 5.73 Å². The standard InChI is InChI=1S/C8H9NO2.C5H9NO/c9-8(10)11-6-7-4-2-1-3-5-7;7-5-1-3-6-4-2-5/h1-5H,6H2,(H2,9,10);6H,1-4H2. The molecule has 0 aromatic heterocycles. The lowest BCUT2D eigenvalue weighted by atomic mass is 10.1. The molecule has 1 fully saturated rings. The maximum Gasteiger partial charge on any atom is 0.404 e. The number of nitrogens with two attached hydrogens (primary N) is 1. The molecule has 0 bridgehead atoms. The van der Waals surface area contributed by atoms with Crippen LogP contribution in [0.3, 0.4) is 0 Å². The first-order valence-corrected chi connectivity index (χ1v) is 5.87. The Morgan fingerprint density at radius 1 is 1.22 bits per heavy atom. The minimum atomic E-state index is -0.742. The fourth-order valence-electron chi connectivity index (χ4n) is 1.43. The number of carbonyl (C=O) groups is 2. The van der Waals surface area contributed by atoms with Gasteiger partial charge in [0, 0.05) is 25.9 Å². The molecular weight excluding hydrogens is 232 g/mol. The predicted octanol–water partition coefficient (Wildman–Crippen LogP) is 1.22. The second-order valence-electron chi connectivity index (χ2n) is 3.88. The summed E-state index contributed by atoms with van der Waals surface area (Å²) >= 11 is 0. The molecule has 1 aliphatic rings. The monoisotopic (exact) mass is 250 g/mol. The number of carbonyl (C=O) groups excluding carboxylic acids is 2. The van der Waals surface area contributed by atoms with E-state index in [0.717, 1.165) is 31.5 Å². The maximum atomic E-state index is 10.4. The molecule has 1 aliphatic heterocycles. The van der Waals surface area contributed by atoms with Gasteiger partial charge in [-0.1, -0.05) is 30.3 Å². The lowest BCUT2D eigenvalue weighted by Gasteiger charge is -2.08. The molecule has 18 heavy (non-hydrogen) atoms. The molecule has 1 heterocycles. The van der Waals surface area contributed by atoms with Crippen LogP contribution in [0.1, 0.15) is 18.4 Å². The first-order valence-electron chi connectivity index (χ1n) is 5.87. The maximum absolute atomic E-state index is 10.4. The van der Waals surface area contributed by atoms with Crippen LogP contribution in [0.5, 0.6) is 0 Å². The van der Waals surface area contributed by atoms with Gasteiger partial charge in [-0.2, -0.15) is 0 Å². The highest BCUT2D eigenvalue weighted by molar-refractivity contribution is 5.79. The zero-order valence-electron chi connectivity index (χ0n) is 10.2. The topological polar surface area (TPSA) is 81.4 Å². The number of piperidine rings is 1. The highest BCUT2D eigenvalue weighted by Crippen LogP contribution is 1.99. The molecule has 5 nitrogen and oxygen atoms in total.